The van der Waals surface area contributed by atoms with Gasteiger partial charge in [0, 0.05) is 39.8 Å². The fourth-order valence-electron chi connectivity index (χ4n) is 5.99. The Hall–Kier alpha value is -5.22. The van der Waals surface area contributed by atoms with Crippen molar-refractivity contribution in [2.75, 3.05) is 0 Å². The highest BCUT2D eigenvalue weighted by Gasteiger charge is 2.20. The van der Waals surface area contributed by atoms with Crippen molar-refractivity contribution in [3.8, 4) is 33.9 Å². The molecule has 1 aliphatic carbocycles. The van der Waals surface area contributed by atoms with E-state index in [-0.39, 0.29) is 0 Å². The smallest absolute Gasteiger partial charge is 0.164 e. The molecular weight excluding hydrogens is 488 g/mol. The van der Waals surface area contributed by atoms with Crippen molar-refractivity contribution in [1.29, 1.82) is 0 Å². The van der Waals surface area contributed by atoms with Crippen LogP contribution in [-0.4, -0.2) is 19.1 Å². The molecule has 0 spiro atoms. The predicted molar refractivity (Wildman–Crippen MR) is 164 cm³/mol. The van der Waals surface area contributed by atoms with Gasteiger partial charge in [-0.05, 0) is 78.6 Å². The van der Waals surface area contributed by atoms with Gasteiger partial charge in [-0.3, -0.25) is 4.57 Å². The average Bonchev–Trinajstić information content (AvgIpc) is 3.58. The summed E-state index contributed by atoms with van der Waals surface area (Å²) in [4.78, 5) is 10.0. The van der Waals surface area contributed by atoms with Gasteiger partial charge in [-0.25, -0.2) is 9.97 Å². The number of imidazole rings is 1. The molecule has 0 unspecified atom stereocenters. The molecule has 3 heterocycles. The molecule has 40 heavy (non-hydrogen) atoms. The van der Waals surface area contributed by atoms with Gasteiger partial charge in [-0.15, -0.1) is 0 Å². The van der Waals surface area contributed by atoms with Crippen molar-refractivity contribution >= 4 is 28.1 Å². The van der Waals surface area contributed by atoms with E-state index in [1.165, 1.54) is 22.2 Å². The zero-order valence-corrected chi connectivity index (χ0v) is 21.9. The second kappa shape index (κ2) is 9.21. The predicted octanol–water partition coefficient (Wildman–Crippen LogP) is 8.66. The molecule has 1 aliphatic rings. The molecule has 190 valence electrons. The van der Waals surface area contributed by atoms with Crippen molar-refractivity contribution in [3.05, 3.63) is 139 Å². The van der Waals surface area contributed by atoms with Crippen LogP contribution in [0.4, 0.5) is 0 Å². The van der Waals surface area contributed by atoms with E-state index >= 15 is 0 Å². The second-order valence-electron chi connectivity index (χ2n) is 10.2. The maximum Gasteiger partial charge on any atom is 0.164 e. The first-order valence-corrected chi connectivity index (χ1v) is 13.7. The average molecular weight is 515 g/mol. The summed E-state index contributed by atoms with van der Waals surface area (Å²) < 4.78 is 4.55. The lowest BCUT2D eigenvalue weighted by molar-refractivity contribution is 0.967. The number of hydrogen-bond acceptors (Lipinski definition) is 2. The molecule has 0 radical (unpaired) electrons. The topological polar surface area (TPSA) is 35.6 Å². The van der Waals surface area contributed by atoms with E-state index in [4.69, 9.17) is 9.97 Å². The molecule has 0 aliphatic heterocycles. The first-order valence-electron chi connectivity index (χ1n) is 13.7. The zero-order valence-electron chi connectivity index (χ0n) is 21.9. The van der Waals surface area contributed by atoms with Gasteiger partial charge in [0.1, 0.15) is 11.3 Å². The summed E-state index contributed by atoms with van der Waals surface area (Å²) in [5, 5.41) is 1.34. The molecule has 3 aromatic heterocycles. The fourth-order valence-corrected chi connectivity index (χ4v) is 5.99. The largest absolute Gasteiger partial charge is 0.310 e. The molecule has 0 amide bonds. The van der Waals surface area contributed by atoms with Crippen LogP contribution < -0.4 is 0 Å². The van der Waals surface area contributed by atoms with Gasteiger partial charge < -0.3 is 4.57 Å². The Balaban J connectivity index is 1.28. The Labute approximate surface area is 232 Å². The van der Waals surface area contributed by atoms with E-state index in [0.717, 1.165) is 57.9 Å². The number of allylic oxidation sites excluding steroid dienone is 1. The zero-order chi connectivity index (χ0) is 26.5. The van der Waals surface area contributed by atoms with Crippen LogP contribution in [0.25, 0.3) is 62.0 Å². The Bertz CT molecular complexity index is 2030. The highest BCUT2D eigenvalue weighted by atomic mass is 15.1. The summed E-state index contributed by atoms with van der Waals surface area (Å²) >= 11 is 0. The SMILES string of the molecule is C1=Cc2c(c3ccccc3n2-c2ccc(-c3nc4cc(-c5ccccc5)cnc4n3-c3ccccc3)cc2)CC1. The summed E-state index contributed by atoms with van der Waals surface area (Å²) in [7, 11) is 0. The summed E-state index contributed by atoms with van der Waals surface area (Å²) in [5.74, 6) is 0.879. The molecule has 4 heteroatoms. The third-order valence-electron chi connectivity index (χ3n) is 7.86. The van der Waals surface area contributed by atoms with Gasteiger partial charge in [0.2, 0.25) is 0 Å². The Morgan fingerprint density at radius 2 is 1.35 bits per heavy atom. The van der Waals surface area contributed by atoms with Gasteiger partial charge in [0.05, 0.1) is 5.52 Å². The monoisotopic (exact) mass is 514 g/mol. The molecule has 0 saturated carbocycles. The van der Waals surface area contributed by atoms with Crippen LogP contribution in [0.1, 0.15) is 17.7 Å². The molecule has 0 N–H and O–H groups in total. The highest BCUT2D eigenvalue weighted by molar-refractivity contribution is 5.91. The lowest BCUT2D eigenvalue weighted by Crippen LogP contribution is -2.01. The number of rotatable bonds is 4. The number of hydrogen-bond donors (Lipinski definition) is 0. The van der Waals surface area contributed by atoms with E-state index in [1.807, 2.05) is 18.3 Å². The van der Waals surface area contributed by atoms with E-state index in [1.54, 1.807) is 0 Å². The van der Waals surface area contributed by atoms with Crippen LogP contribution in [-0.2, 0) is 6.42 Å². The first-order chi connectivity index (χ1) is 19.8. The van der Waals surface area contributed by atoms with Crippen molar-refractivity contribution in [3.63, 3.8) is 0 Å². The van der Waals surface area contributed by atoms with E-state index in [2.05, 4.69) is 124 Å². The van der Waals surface area contributed by atoms with Gasteiger partial charge >= 0.3 is 0 Å². The van der Waals surface area contributed by atoms with Crippen molar-refractivity contribution < 1.29 is 0 Å². The molecule has 4 aromatic carbocycles. The van der Waals surface area contributed by atoms with Crippen LogP contribution in [0.2, 0.25) is 0 Å². The normalized spacial score (nSPS) is 12.7. The quantitative estimate of drug-likeness (QED) is 0.236. The fraction of sp³-hybridized carbons (Fsp3) is 0.0556. The molecular formula is C36H26N4. The number of benzene rings is 4. The molecule has 8 rings (SSSR count). The molecule has 4 nitrogen and oxygen atoms in total. The number of fused-ring (bicyclic) bond motifs is 4. The summed E-state index contributed by atoms with van der Waals surface area (Å²) in [6, 6.07) is 40.4. The van der Waals surface area contributed by atoms with Crippen LogP contribution in [0.5, 0.6) is 0 Å². The van der Waals surface area contributed by atoms with Crippen molar-refractivity contribution in [1.82, 2.24) is 19.1 Å². The van der Waals surface area contributed by atoms with Crippen LogP contribution >= 0.6 is 0 Å². The van der Waals surface area contributed by atoms with E-state index < -0.39 is 0 Å². The molecule has 7 aromatic rings. The summed E-state index contributed by atoms with van der Waals surface area (Å²) in [6.45, 7) is 0. The number of aromatic nitrogens is 4. The maximum absolute atomic E-state index is 5.14. The highest BCUT2D eigenvalue weighted by Crippen LogP contribution is 2.35. The number of aryl methyl sites for hydroxylation is 1. The molecule has 0 bridgehead atoms. The minimum Gasteiger partial charge on any atom is -0.310 e. The Morgan fingerprint density at radius 1 is 0.625 bits per heavy atom. The van der Waals surface area contributed by atoms with Crippen molar-refractivity contribution in [2.24, 2.45) is 0 Å². The van der Waals surface area contributed by atoms with Crippen molar-refractivity contribution in [2.45, 2.75) is 12.8 Å². The second-order valence-corrected chi connectivity index (χ2v) is 10.2. The van der Waals surface area contributed by atoms with Gasteiger partial charge in [0.15, 0.2) is 5.65 Å². The number of pyridine rings is 1. The minimum absolute atomic E-state index is 0.848. The van der Waals surface area contributed by atoms with E-state index in [9.17, 15) is 0 Å². The Kier molecular flexibility index (Phi) is 5.23. The van der Waals surface area contributed by atoms with Crippen LogP contribution in [0, 0.1) is 0 Å². The third-order valence-corrected chi connectivity index (χ3v) is 7.86. The molecule has 0 saturated heterocycles. The number of nitrogens with zero attached hydrogens (tertiary/aromatic N) is 4. The maximum atomic E-state index is 5.14. The Morgan fingerprint density at radius 3 is 2.17 bits per heavy atom. The molecule has 0 fully saturated rings. The van der Waals surface area contributed by atoms with Gasteiger partial charge in [-0.1, -0.05) is 72.8 Å². The minimum atomic E-state index is 0.848. The summed E-state index contributed by atoms with van der Waals surface area (Å²) in [5.41, 5.74) is 11.1. The third kappa shape index (κ3) is 3.61. The number of para-hydroxylation sites is 2. The summed E-state index contributed by atoms with van der Waals surface area (Å²) in [6.07, 6.45) is 8.67. The van der Waals surface area contributed by atoms with Gasteiger partial charge in [0.25, 0.3) is 0 Å². The van der Waals surface area contributed by atoms with Gasteiger partial charge in [-0.2, -0.15) is 0 Å². The van der Waals surface area contributed by atoms with Crippen LogP contribution in [0.3, 0.4) is 0 Å². The molecule has 0 atom stereocenters. The van der Waals surface area contributed by atoms with Crippen LogP contribution in [0.15, 0.2) is 128 Å². The van der Waals surface area contributed by atoms with E-state index in [0.29, 0.717) is 0 Å². The standard InChI is InChI=1S/C36H26N4/c1-3-11-25(12-4-1)27-23-32-36(37-24-27)40(28-13-5-2-6-14-28)35(38-32)26-19-21-29(22-20-26)39-33-17-9-7-15-30(33)31-16-8-10-18-34(31)39/h1-7,9-15,17-24H,8,16H2. The lowest BCUT2D eigenvalue weighted by Gasteiger charge is -2.13. The lowest BCUT2D eigenvalue weighted by atomic mass is 10.0. The first kappa shape index (κ1) is 22.7.